The Labute approximate surface area is 224 Å². The van der Waals surface area contributed by atoms with Gasteiger partial charge in [0.05, 0.1) is 6.10 Å². The SMILES string of the molecule is C=CC12CCc3cc(O)ccc3[C@H]1[C@@H](CCCCC[C@@H](O)C(F)(F)C(F)(F)C(F)(F)F)C[C@]1(C)[C@@H](O)CC[C@@H]21. The monoisotopic (exact) mass is 566 g/mol. The van der Waals surface area contributed by atoms with Gasteiger partial charge in [0, 0.05) is 0 Å². The molecule has 0 spiro atoms. The molecule has 0 bridgehead atoms. The van der Waals surface area contributed by atoms with Crippen LogP contribution in [0.1, 0.15) is 81.8 Å². The molecular weight excluding hydrogens is 529 g/mol. The third-order valence-corrected chi connectivity index (χ3v) is 10.1. The van der Waals surface area contributed by atoms with Gasteiger partial charge >= 0.3 is 18.0 Å². The third-order valence-electron chi connectivity index (χ3n) is 10.1. The van der Waals surface area contributed by atoms with Crippen LogP contribution in [0.4, 0.5) is 30.7 Å². The Bertz CT molecular complexity index is 1060. The molecule has 10 heteroatoms. The number of allylic oxidation sites excluding steroid dienone is 1. The molecule has 0 aromatic heterocycles. The topological polar surface area (TPSA) is 60.7 Å². The summed E-state index contributed by atoms with van der Waals surface area (Å²) in [6, 6.07) is 5.37. The Morgan fingerprint density at radius 1 is 1.08 bits per heavy atom. The lowest BCUT2D eigenvalue weighted by molar-refractivity contribution is -0.371. The van der Waals surface area contributed by atoms with Crippen LogP contribution in [0.3, 0.4) is 0 Å². The Hall–Kier alpha value is -1.81. The van der Waals surface area contributed by atoms with E-state index in [0.29, 0.717) is 19.3 Å². The third kappa shape index (κ3) is 4.77. The molecule has 7 atom stereocenters. The minimum atomic E-state index is -6.47. The molecule has 3 aliphatic rings. The van der Waals surface area contributed by atoms with E-state index in [0.717, 1.165) is 36.8 Å². The lowest BCUT2D eigenvalue weighted by Gasteiger charge is -2.60. The first kappa shape index (κ1) is 30.2. The number of hydrogen-bond acceptors (Lipinski definition) is 3. The highest BCUT2D eigenvalue weighted by atomic mass is 19.4. The Morgan fingerprint density at radius 2 is 1.77 bits per heavy atom. The number of benzene rings is 1. The van der Waals surface area contributed by atoms with Gasteiger partial charge in [0.15, 0.2) is 0 Å². The second-order valence-electron chi connectivity index (χ2n) is 12.1. The van der Waals surface area contributed by atoms with Gasteiger partial charge in [0.2, 0.25) is 0 Å². The van der Waals surface area contributed by atoms with Gasteiger partial charge in [-0.3, -0.25) is 0 Å². The number of fused-ring (bicyclic) bond motifs is 5. The maximum atomic E-state index is 13.8. The largest absolute Gasteiger partial charge is 0.508 e. The summed E-state index contributed by atoms with van der Waals surface area (Å²) in [7, 11) is 0. The molecule has 4 rings (SSSR count). The smallest absolute Gasteiger partial charge is 0.459 e. The number of phenolic OH excluding ortho intramolecular Hbond substituents is 1. The van der Waals surface area contributed by atoms with E-state index >= 15 is 0 Å². The van der Waals surface area contributed by atoms with Crippen LogP contribution in [0.2, 0.25) is 0 Å². The highest BCUT2D eigenvalue weighted by Crippen LogP contribution is 2.69. The predicted molar refractivity (Wildman–Crippen MR) is 132 cm³/mol. The van der Waals surface area contributed by atoms with Crippen LogP contribution in [0, 0.1) is 22.7 Å². The Morgan fingerprint density at radius 3 is 2.41 bits per heavy atom. The molecule has 1 aromatic rings. The van der Waals surface area contributed by atoms with Crippen molar-refractivity contribution in [3.05, 3.63) is 42.0 Å². The highest BCUT2D eigenvalue weighted by molar-refractivity contribution is 5.43. The molecule has 3 aliphatic carbocycles. The molecule has 0 amide bonds. The van der Waals surface area contributed by atoms with Crippen LogP contribution in [0.5, 0.6) is 5.75 Å². The van der Waals surface area contributed by atoms with Crippen LogP contribution >= 0.6 is 0 Å². The quantitative estimate of drug-likeness (QED) is 0.165. The van der Waals surface area contributed by atoms with Crippen LogP contribution in [-0.4, -0.2) is 45.5 Å². The number of phenols is 1. The van der Waals surface area contributed by atoms with Gasteiger partial charge in [-0.1, -0.05) is 38.3 Å². The molecule has 39 heavy (non-hydrogen) atoms. The zero-order valence-electron chi connectivity index (χ0n) is 22.0. The summed E-state index contributed by atoms with van der Waals surface area (Å²) in [5.74, 6) is -11.4. The van der Waals surface area contributed by atoms with Crippen molar-refractivity contribution >= 4 is 0 Å². The van der Waals surface area contributed by atoms with Gasteiger partial charge in [-0.2, -0.15) is 30.7 Å². The number of aryl methyl sites for hydroxylation is 1. The van der Waals surface area contributed by atoms with E-state index in [9.17, 15) is 46.1 Å². The molecule has 3 nitrogen and oxygen atoms in total. The number of rotatable bonds is 9. The molecule has 2 saturated carbocycles. The average molecular weight is 567 g/mol. The summed E-state index contributed by atoms with van der Waals surface area (Å²) in [6.45, 7) is 6.33. The van der Waals surface area contributed by atoms with Gasteiger partial charge in [-0.05, 0) is 96.8 Å². The van der Waals surface area contributed by atoms with E-state index in [2.05, 4.69) is 13.5 Å². The number of alkyl halides is 7. The molecule has 1 aromatic carbocycles. The molecule has 1 unspecified atom stereocenters. The fourth-order valence-electron chi connectivity index (χ4n) is 8.19. The summed E-state index contributed by atoms with van der Waals surface area (Å²) in [6.07, 6.45) is -3.83. The Balaban J connectivity index is 1.49. The van der Waals surface area contributed by atoms with Crippen LogP contribution in [0.25, 0.3) is 0 Å². The summed E-state index contributed by atoms with van der Waals surface area (Å²) in [4.78, 5) is 0. The van der Waals surface area contributed by atoms with Gasteiger partial charge in [-0.15, -0.1) is 6.58 Å². The van der Waals surface area contributed by atoms with E-state index in [1.54, 1.807) is 12.1 Å². The van der Waals surface area contributed by atoms with Crippen molar-refractivity contribution in [2.24, 2.45) is 22.7 Å². The minimum absolute atomic E-state index is 0.0584. The molecule has 3 N–H and O–H groups in total. The number of aliphatic hydroxyl groups excluding tert-OH is 2. The van der Waals surface area contributed by atoms with Gasteiger partial charge in [0.25, 0.3) is 0 Å². The van der Waals surface area contributed by atoms with Crippen LogP contribution < -0.4 is 0 Å². The first-order valence-corrected chi connectivity index (χ1v) is 13.7. The zero-order valence-corrected chi connectivity index (χ0v) is 22.0. The molecule has 0 heterocycles. The summed E-state index contributed by atoms with van der Waals surface area (Å²) in [5.41, 5.74) is 1.56. The Kier molecular flexibility index (Phi) is 7.91. The fraction of sp³-hybridized carbons (Fsp3) is 0.724. The maximum Gasteiger partial charge on any atom is 0.459 e. The van der Waals surface area contributed by atoms with E-state index in [1.165, 1.54) is 0 Å². The summed E-state index contributed by atoms with van der Waals surface area (Å²) < 4.78 is 91.3. The minimum Gasteiger partial charge on any atom is -0.508 e. The highest BCUT2D eigenvalue weighted by Gasteiger charge is 2.75. The number of aromatic hydroxyl groups is 1. The fourth-order valence-corrected chi connectivity index (χ4v) is 8.19. The molecule has 0 aliphatic heterocycles. The number of unbranched alkanes of at least 4 members (excludes halogenated alkanes) is 2. The van der Waals surface area contributed by atoms with Crippen molar-refractivity contribution in [3.8, 4) is 5.75 Å². The number of hydrogen-bond donors (Lipinski definition) is 3. The van der Waals surface area contributed by atoms with E-state index in [1.807, 2.05) is 12.1 Å². The summed E-state index contributed by atoms with van der Waals surface area (Å²) in [5, 5.41) is 30.6. The van der Waals surface area contributed by atoms with Crippen molar-refractivity contribution in [1.29, 1.82) is 0 Å². The second kappa shape index (κ2) is 10.2. The van der Waals surface area contributed by atoms with Crippen LogP contribution in [-0.2, 0) is 6.42 Å². The first-order chi connectivity index (χ1) is 18.0. The van der Waals surface area contributed by atoms with E-state index in [-0.39, 0.29) is 47.2 Å². The first-order valence-electron chi connectivity index (χ1n) is 13.7. The second-order valence-corrected chi connectivity index (χ2v) is 12.1. The molecule has 0 saturated heterocycles. The standard InChI is InChI=1S/C29H37F7O3/c1-3-26-14-13-17-15-19(37)9-10-20(17)24(26)18(16-25(2)21(26)11-12-22(25)38)7-5-4-6-8-23(39)27(30,31)28(32,33)29(34,35)36/h3,9-10,15,18,21-24,37-39H,1,4-8,11-14,16H2,2H3/t18-,21+,22-,23+,24+,25-,26?/m0/s1. The van der Waals surface area contributed by atoms with Crippen LogP contribution in [0.15, 0.2) is 30.9 Å². The van der Waals surface area contributed by atoms with Gasteiger partial charge in [-0.25, -0.2) is 0 Å². The van der Waals surface area contributed by atoms with Crippen molar-refractivity contribution in [2.75, 3.05) is 0 Å². The number of aliphatic hydroxyl groups is 2. The maximum absolute atomic E-state index is 13.8. The van der Waals surface area contributed by atoms with Crippen molar-refractivity contribution in [3.63, 3.8) is 0 Å². The molecule has 0 radical (unpaired) electrons. The molecule has 2 fully saturated rings. The van der Waals surface area contributed by atoms with E-state index < -0.39 is 36.7 Å². The lowest BCUT2D eigenvalue weighted by Crippen LogP contribution is -2.57. The normalized spacial score (nSPS) is 33.7. The predicted octanol–water partition coefficient (Wildman–Crippen LogP) is 7.54. The van der Waals surface area contributed by atoms with Crippen molar-refractivity contribution in [2.45, 2.75) is 107 Å². The molecular formula is C29H37F7O3. The number of halogens is 7. The van der Waals surface area contributed by atoms with Gasteiger partial charge in [0.1, 0.15) is 11.9 Å². The molecule has 220 valence electrons. The van der Waals surface area contributed by atoms with Gasteiger partial charge < -0.3 is 15.3 Å². The van der Waals surface area contributed by atoms with E-state index in [4.69, 9.17) is 0 Å². The lowest BCUT2D eigenvalue weighted by atomic mass is 9.44. The zero-order chi connectivity index (χ0) is 29.0. The summed E-state index contributed by atoms with van der Waals surface area (Å²) >= 11 is 0. The van der Waals surface area contributed by atoms with Crippen molar-refractivity contribution < 1.29 is 46.1 Å². The van der Waals surface area contributed by atoms with Crippen molar-refractivity contribution in [1.82, 2.24) is 0 Å². The average Bonchev–Trinajstić information content (AvgIpc) is 3.16.